The molecule has 1 aromatic carbocycles. The first-order chi connectivity index (χ1) is 7.85. The van der Waals surface area contributed by atoms with Crippen LogP contribution in [0.5, 0.6) is 0 Å². The fraction of sp³-hybridized carbons (Fsp3) is 0.417. The number of carbonyl (C=O) groups excluding carboxylic acids is 1. The Morgan fingerprint density at radius 1 is 1.50 bits per heavy atom. The monoisotopic (exact) mass is 220 g/mol. The van der Waals surface area contributed by atoms with Crippen LogP contribution in [-0.2, 0) is 22.6 Å². The Morgan fingerprint density at radius 2 is 2.38 bits per heavy atom. The molecule has 1 aliphatic rings. The topological polar surface area (TPSA) is 41.6 Å². The molecule has 0 fully saturated rings. The summed E-state index contributed by atoms with van der Waals surface area (Å²) in [5.41, 5.74) is 3.57. The van der Waals surface area contributed by atoms with E-state index in [4.69, 9.17) is 4.74 Å². The summed E-state index contributed by atoms with van der Waals surface area (Å²) in [6.07, 6.45) is 0.902. The number of methoxy groups -OCH3 is 1. The molecule has 0 bridgehead atoms. The largest absolute Gasteiger partial charge is 0.383 e. The molecule has 0 radical (unpaired) electrons. The molecule has 4 nitrogen and oxygen atoms in total. The second-order valence-corrected chi connectivity index (χ2v) is 3.87. The molecule has 1 aliphatic heterocycles. The number of rotatable bonds is 5. The molecule has 0 aromatic heterocycles. The van der Waals surface area contributed by atoms with Gasteiger partial charge in [-0.15, -0.1) is 0 Å². The smallest absolute Gasteiger partial charge is 0.210 e. The first kappa shape index (κ1) is 11.0. The van der Waals surface area contributed by atoms with Crippen LogP contribution in [0.4, 0.5) is 5.69 Å². The summed E-state index contributed by atoms with van der Waals surface area (Å²) in [6, 6.07) is 6.13. The number of hydrogen-bond donors (Lipinski definition) is 1. The van der Waals surface area contributed by atoms with E-state index in [1.54, 1.807) is 12.0 Å². The van der Waals surface area contributed by atoms with Crippen molar-refractivity contribution in [3.63, 3.8) is 0 Å². The van der Waals surface area contributed by atoms with Crippen LogP contribution in [0.2, 0.25) is 0 Å². The van der Waals surface area contributed by atoms with E-state index in [1.165, 1.54) is 11.1 Å². The van der Waals surface area contributed by atoms with Crippen molar-refractivity contribution < 1.29 is 9.53 Å². The highest BCUT2D eigenvalue weighted by molar-refractivity contribution is 5.60. The Labute approximate surface area is 95.2 Å². The van der Waals surface area contributed by atoms with E-state index in [0.717, 1.165) is 25.2 Å². The minimum atomic E-state index is 0.682. The number of carbonyl (C=O) groups is 1. The normalized spacial score (nSPS) is 13.7. The van der Waals surface area contributed by atoms with Gasteiger partial charge < -0.3 is 15.0 Å². The third-order valence-electron chi connectivity index (χ3n) is 2.78. The number of anilines is 1. The first-order valence-corrected chi connectivity index (χ1v) is 5.38. The van der Waals surface area contributed by atoms with E-state index in [1.807, 2.05) is 12.1 Å². The number of benzene rings is 1. The minimum Gasteiger partial charge on any atom is -0.383 e. The van der Waals surface area contributed by atoms with Gasteiger partial charge in [-0.05, 0) is 17.2 Å². The van der Waals surface area contributed by atoms with Crippen LogP contribution in [0.25, 0.3) is 0 Å². The summed E-state index contributed by atoms with van der Waals surface area (Å²) in [5.74, 6) is 0. The Balaban J connectivity index is 2.10. The van der Waals surface area contributed by atoms with E-state index in [0.29, 0.717) is 13.2 Å². The lowest BCUT2D eigenvalue weighted by Gasteiger charge is -2.10. The van der Waals surface area contributed by atoms with Gasteiger partial charge in [0.1, 0.15) is 0 Å². The number of amides is 1. The summed E-state index contributed by atoms with van der Waals surface area (Å²) < 4.78 is 5.00. The molecule has 0 saturated carbocycles. The number of fused-ring (bicyclic) bond motifs is 1. The summed E-state index contributed by atoms with van der Waals surface area (Å²) >= 11 is 0. The summed E-state index contributed by atoms with van der Waals surface area (Å²) in [7, 11) is 1.69. The highest BCUT2D eigenvalue weighted by Gasteiger charge is 2.19. The van der Waals surface area contributed by atoms with Gasteiger partial charge in [-0.2, -0.15) is 0 Å². The van der Waals surface area contributed by atoms with Crippen molar-refractivity contribution in [2.45, 2.75) is 13.1 Å². The van der Waals surface area contributed by atoms with Gasteiger partial charge in [-0.1, -0.05) is 12.1 Å². The molecule has 0 unspecified atom stereocenters. The molecule has 1 amide bonds. The van der Waals surface area contributed by atoms with Crippen molar-refractivity contribution in [1.82, 2.24) is 4.90 Å². The van der Waals surface area contributed by atoms with Crippen LogP contribution in [0.1, 0.15) is 11.1 Å². The average molecular weight is 220 g/mol. The third kappa shape index (κ3) is 2.17. The number of hydrogen-bond acceptors (Lipinski definition) is 3. The zero-order valence-electron chi connectivity index (χ0n) is 9.40. The maximum absolute atomic E-state index is 10.7. The molecule has 0 atom stereocenters. The van der Waals surface area contributed by atoms with Crippen molar-refractivity contribution in [1.29, 1.82) is 0 Å². The van der Waals surface area contributed by atoms with Crippen LogP contribution in [-0.4, -0.2) is 31.6 Å². The molecule has 1 aromatic rings. The quantitative estimate of drug-likeness (QED) is 0.599. The molecule has 4 heteroatoms. The van der Waals surface area contributed by atoms with Crippen LogP contribution in [0, 0.1) is 0 Å². The second-order valence-electron chi connectivity index (χ2n) is 3.87. The molecule has 0 spiro atoms. The first-order valence-electron chi connectivity index (χ1n) is 5.38. The maximum atomic E-state index is 10.7. The average Bonchev–Trinajstić information content (AvgIpc) is 2.73. The number of nitrogens with zero attached hydrogens (tertiary/aromatic N) is 1. The van der Waals surface area contributed by atoms with Crippen LogP contribution in [0.15, 0.2) is 18.2 Å². The molecule has 0 saturated heterocycles. The number of ether oxygens (including phenoxy) is 1. The lowest BCUT2D eigenvalue weighted by Crippen LogP contribution is -2.13. The van der Waals surface area contributed by atoms with Gasteiger partial charge in [-0.25, -0.2) is 0 Å². The third-order valence-corrected chi connectivity index (χ3v) is 2.78. The Morgan fingerprint density at radius 3 is 3.12 bits per heavy atom. The van der Waals surface area contributed by atoms with Crippen molar-refractivity contribution in [2.24, 2.45) is 0 Å². The van der Waals surface area contributed by atoms with Crippen molar-refractivity contribution in [3.8, 4) is 0 Å². The second kappa shape index (κ2) is 4.99. The molecule has 0 aliphatic carbocycles. The lowest BCUT2D eigenvalue weighted by atomic mass is 10.1. The van der Waals surface area contributed by atoms with E-state index < -0.39 is 0 Å². The summed E-state index contributed by atoms with van der Waals surface area (Å²) in [6.45, 7) is 2.89. The molecular formula is C12H16N2O2. The van der Waals surface area contributed by atoms with E-state index in [9.17, 15) is 4.79 Å². The zero-order valence-corrected chi connectivity index (χ0v) is 9.40. The predicted octanol–water partition coefficient (Wildman–Crippen LogP) is 1.22. The van der Waals surface area contributed by atoms with Crippen molar-refractivity contribution in [2.75, 3.05) is 25.6 Å². The Bertz CT molecular complexity index is 379. The number of nitrogens with one attached hydrogen (secondary N) is 1. The van der Waals surface area contributed by atoms with Crippen LogP contribution < -0.4 is 5.32 Å². The Kier molecular flexibility index (Phi) is 3.41. The molecule has 16 heavy (non-hydrogen) atoms. The molecular weight excluding hydrogens is 204 g/mol. The summed E-state index contributed by atoms with van der Waals surface area (Å²) in [4.78, 5) is 12.5. The summed E-state index contributed by atoms with van der Waals surface area (Å²) in [5, 5.41) is 3.32. The van der Waals surface area contributed by atoms with E-state index in [2.05, 4.69) is 11.4 Å². The maximum Gasteiger partial charge on any atom is 0.210 e. The predicted molar refractivity (Wildman–Crippen MR) is 62.1 cm³/mol. The highest BCUT2D eigenvalue weighted by Crippen LogP contribution is 2.28. The van der Waals surface area contributed by atoms with Crippen molar-refractivity contribution in [3.05, 3.63) is 29.3 Å². The van der Waals surface area contributed by atoms with E-state index in [-0.39, 0.29) is 0 Å². The SMILES string of the molecule is COCCNc1cccc2c1CN(C=O)C2. The van der Waals surface area contributed by atoms with Crippen molar-refractivity contribution >= 4 is 12.1 Å². The Hall–Kier alpha value is -1.55. The molecule has 1 N–H and O–H groups in total. The van der Waals surface area contributed by atoms with Crippen LogP contribution in [0.3, 0.4) is 0 Å². The van der Waals surface area contributed by atoms with Gasteiger partial charge in [0.05, 0.1) is 6.61 Å². The molecule has 2 rings (SSSR count). The van der Waals surface area contributed by atoms with Crippen LogP contribution >= 0.6 is 0 Å². The van der Waals surface area contributed by atoms with Gasteiger partial charge in [0, 0.05) is 32.4 Å². The fourth-order valence-corrected chi connectivity index (χ4v) is 1.98. The minimum absolute atomic E-state index is 0.682. The van der Waals surface area contributed by atoms with Gasteiger partial charge in [-0.3, -0.25) is 4.79 Å². The van der Waals surface area contributed by atoms with Gasteiger partial charge in [0.2, 0.25) is 6.41 Å². The molecule has 1 heterocycles. The highest BCUT2D eigenvalue weighted by atomic mass is 16.5. The fourth-order valence-electron chi connectivity index (χ4n) is 1.98. The zero-order chi connectivity index (χ0) is 11.4. The lowest BCUT2D eigenvalue weighted by molar-refractivity contribution is -0.118. The standard InChI is InChI=1S/C12H16N2O2/c1-16-6-5-13-12-4-2-3-10-7-14(9-15)8-11(10)12/h2-4,9,13H,5-8H2,1H3. The molecule has 86 valence electrons. The van der Waals surface area contributed by atoms with Gasteiger partial charge in [0.15, 0.2) is 0 Å². The van der Waals surface area contributed by atoms with E-state index >= 15 is 0 Å². The van der Waals surface area contributed by atoms with Gasteiger partial charge in [0.25, 0.3) is 0 Å². The van der Waals surface area contributed by atoms with Gasteiger partial charge >= 0.3 is 0 Å².